The number of nitrogens with zero attached hydrogens (tertiary/aromatic N) is 3. The van der Waals surface area contributed by atoms with Gasteiger partial charge in [0, 0.05) is 6.20 Å². The summed E-state index contributed by atoms with van der Waals surface area (Å²) in [5.74, 6) is 0.0563. The lowest BCUT2D eigenvalue weighted by atomic mass is 10.1. The first kappa shape index (κ1) is 17.3. The van der Waals surface area contributed by atoms with E-state index in [4.69, 9.17) is 25.2 Å². The average molecular weight is 326 g/mol. The molecule has 1 fully saturated rings. The van der Waals surface area contributed by atoms with Gasteiger partial charge in [0.1, 0.15) is 30.9 Å². The third-order valence-corrected chi connectivity index (χ3v) is 3.32. The van der Waals surface area contributed by atoms with Crippen molar-refractivity contribution in [3.05, 3.63) is 22.7 Å². The standard InChI is InChI=1S/C13H18N4O6/c14-3-1-5-21-7-22-11-10(19)8(6-18)23-12(11)17-4-2-9(15)16-13(17)20/h2,4,8,10-12,18-19H,1,5-7H2,(H2,15,16,20)/t8-,10-,11-,12-/m1/s1. The van der Waals surface area contributed by atoms with Gasteiger partial charge in [0.15, 0.2) is 6.23 Å². The van der Waals surface area contributed by atoms with Crippen LogP contribution in [0.5, 0.6) is 0 Å². The Morgan fingerprint density at radius 2 is 2.35 bits per heavy atom. The fourth-order valence-electron chi connectivity index (χ4n) is 2.20. The zero-order valence-electron chi connectivity index (χ0n) is 12.2. The van der Waals surface area contributed by atoms with E-state index in [-0.39, 0.29) is 25.6 Å². The maximum atomic E-state index is 11.9. The van der Waals surface area contributed by atoms with Crippen molar-refractivity contribution < 1.29 is 24.4 Å². The number of nitrogen functional groups attached to an aromatic ring is 1. The molecule has 1 saturated heterocycles. The number of ether oxygens (including phenoxy) is 3. The molecule has 0 radical (unpaired) electrons. The van der Waals surface area contributed by atoms with Gasteiger partial charge >= 0.3 is 5.69 Å². The minimum absolute atomic E-state index is 0.0563. The molecular formula is C13H18N4O6. The first-order chi connectivity index (χ1) is 11.1. The number of nitriles is 1. The number of aliphatic hydroxyl groups excluding tert-OH is 2. The van der Waals surface area contributed by atoms with E-state index in [1.54, 1.807) is 0 Å². The normalized spacial score (nSPS) is 27.0. The highest BCUT2D eigenvalue weighted by Crippen LogP contribution is 2.30. The van der Waals surface area contributed by atoms with Crippen molar-refractivity contribution in [3.63, 3.8) is 0 Å². The van der Waals surface area contributed by atoms with Crippen molar-refractivity contribution in [2.45, 2.75) is 31.0 Å². The summed E-state index contributed by atoms with van der Waals surface area (Å²) in [4.78, 5) is 15.5. The van der Waals surface area contributed by atoms with Crippen LogP contribution in [0.3, 0.4) is 0 Å². The Morgan fingerprint density at radius 3 is 3.00 bits per heavy atom. The van der Waals surface area contributed by atoms with Gasteiger partial charge in [-0.2, -0.15) is 10.2 Å². The van der Waals surface area contributed by atoms with Crippen LogP contribution in [-0.4, -0.2) is 58.1 Å². The number of hydrogen-bond acceptors (Lipinski definition) is 9. The van der Waals surface area contributed by atoms with Crippen LogP contribution >= 0.6 is 0 Å². The van der Waals surface area contributed by atoms with Gasteiger partial charge in [0.05, 0.1) is 25.7 Å². The summed E-state index contributed by atoms with van der Waals surface area (Å²) in [5, 5.41) is 27.8. The first-order valence-electron chi connectivity index (χ1n) is 6.93. The molecular weight excluding hydrogens is 308 g/mol. The van der Waals surface area contributed by atoms with E-state index in [1.165, 1.54) is 12.3 Å². The van der Waals surface area contributed by atoms with E-state index in [0.29, 0.717) is 0 Å². The van der Waals surface area contributed by atoms with Crippen molar-refractivity contribution in [2.24, 2.45) is 0 Å². The zero-order valence-corrected chi connectivity index (χ0v) is 12.2. The molecule has 23 heavy (non-hydrogen) atoms. The zero-order chi connectivity index (χ0) is 16.8. The molecule has 126 valence electrons. The molecule has 0 aromatic carbocycles. The monoisotopic (exact) mass is 326 g/mol. The molecule has 0 spiro atoms. The quantitative estimate of drug-likeness (QED) is 0.395. The summed E-state index contributed by atoms with van der Waals surface area (Å²) in [6.45, 7) is -0.458. The van der Waals surface area contributed by atoms with Crippen molar-refractivity contribution >= 4 is 5.82 Å². The molecule has 10 nitrogen and oxygen atoms in total. The predicted octanol–water partition coefficient (Wildman–Crippen LogP) is -1.65. The minimum atomic E-state index is -1.16. The van der Waals surface area contributed by atoms with Crippen LogP contribution in [0.15, 0.2) is 17.1 Å². The van der Waals surface area contributed by atoms with Crippen LogP contribution in [0.25, 0.3) is 0 Å². The number of aliphatic hydroxyl groups is 2. The fraction of sp³-hybridized carbons (Fsp3) is 0.615. The van der Waals surface area contributed by atoms with Crippen molar-refractivity contribution in [1.29, 1.82) is 5.26 Å². The largest absolute Gasteiger partial charge is 0.394 e. The van der Waals surface area contributed by atoms with Crippen LogP contribution in [0.4, 0.5) is 5.82 Å². The Labute approximate surface area is 131 Å². The summed E-state index contributed by atoms with van der Waals surface area (Å²) in [6, 6.07) is 3.32. The van der Waals surface area contributed by atoms with Gasteiger partial charge in [-0.25, -0.2) is 4.79 Å². The Hall–Kier alpha value is -2.03. The summed E-state index contributed by atoms with van der Waals surface area (Å²) >= 11 is 0. The van der Waals surface area contributed by atoms with Gasteiger partial charge in [0.25, 0.3) is 0 Å². The SMILES string of the molecule is N#CCCOCO[C@@H]1[C@H](O)[C@@H](CO)O[C@H]1n1ccc(N)nc1=O. The fourth-order valence-corrected chi connectivity index (χ4v) is 2.20. The highest BCUT2D eigenvalue weighted by atomic mass is 16.7. The van der Waals surface area contributed by atoms with Crippen molar-refractivity contribution in [3.8, 4) is 6.07 Å². The maximum Gasteiger partial charge on any atom is 0.351 e. The van der Waals surface area contributed by atoms with E-state index in [2.05, 4.69) is 4.98 Å². The average Bonchev–Trinajstić information content (AvgIpc) is 2.83. The summed E-state index contributed by atoms with van der Waals surface area (Å²) in [5.41, 5.74) is 4.77. The summed E-state index contributed by atoms with van der Waals surface area (Å²) in [7, 11) is 0. The summed E-state index contributed by atoms with van der Waals surface area (Å²) < 4.78 is 17.1. The second-order valence-corrected chi connectivity index (χ2v) is 4.85. The number of aromatic nitrogens is 2. The predicted molar refractivity (Wildman–Crippen MR) is 75.8 cm³/mol. The molecule has 1 aliphatic rings. The minimum Gasteiger partial charge on any atom is -0.394 e. The van der Waals surface area contributed by atoms with E-state index in [0.717, 1.165) is 4.57 Å². The smallest absolute Gasteiger partial charge is 0.351 e. The molecule has 0 saturated carbocycles. The molecule has 0 unspecified atom stereocenters. The lowest BCUT2D eigenvalue weighted by molar-refractivity contribution is -0.139. The second kappa shape index (κ2) is 8.00. The van der Waals surface area contributed by atoms with Gasteiger partial charge < -0.3 is 30.2 Å². The molecule has 2 heterocycles. The Morgan fingerprint density at radius 1 is 1.57 bits per heavy atom. The first-order valence-corrected chi connectivity index (χ1v) is 6.93. The van der Waals surface area contributed by atoms with Crippen LogP contribution in [0, 0.1) is 11.3 Å². The van der Waals surface area contributed by atoms with E-state index in [1.807, 2.05) is 6.07 Å². The molecule has 4 N–H and O–H groups in total. The van der Waals surface area contributed by atoms with E-state index < -0.39 is 36.8 Å². The van der Waals surface area contributed by atoms with Crippen molar-refractivity contribution in [2.75, 3.05) is 25.7 Å². The molecule has 2 rings (SSSR count). The van der Waals surface area contributed by atoms with Gasteiger partial charge in [-0.15, -0.1) is 0 Å². The van der Waals surface area contributed by atoms with Gasteiger partial charge in [-0.05, 0) is 6.07 Å². The number of hydrogen-bond donors (Lipinski definition) is 3. The molecule has 0 bridgehead atoms. The Kier molecular flexibility index (Phi) is 6.03. The van der Waals surface area contributed by atoms with Crippen LogP contribution in [0.1, 0.15) is 12.6 Å². The second-order valence-electron chi connectivity index (χ2n) is 4.85. The van der Waals surface area contributed by atoms with Gasteiger partial charge in [-0.1, -0.05) is 0 Å². The molecule has 1 aromatic heterocycles. The van der Waals surface area contributed by atoms with Crippen LogP contribution < -0.4 is 11.4 Å². The molecule has 10 heteroatoms. The topological polar surface area (TPSA) is 153 Å². The molecule has 0 amide bonds. The number of rotatable bonds is 7. The number of nitrogens with two attached hydrogens (primary N) is 1. The Bertz CT molecular complexity index is 615. The molecule has 0 aliphatic carbocycles. The third-order valence-electron chi connectivity index (χ3n) is 3.32. The maximum absolute atomic E-state index is 11.9. The molecule has 1 aliphatic heterocycles. The van der Waals surface area contributed by atoms with Crippen molar-refractivity contribution in [1.82, 2.24) is 9.55 Å². The lowest BCUT2D eigenvalue weighted by Crippen LogP contribution is -2.38. The highest BCUT2D eigenvalue weighted by molar-refractivity contribution is 5.23. The Balaban J connectivity index is 2.11. The van der Waals surface area contributed by atoms with Gasteiger partial charge in [-0.3, -0.25) is 4.57 Å². The molecule has 1 aromatic rings. The van der Waals surface area contributed by atoms with E-state index >= 15 is 0 Å². The van der Waals surface area contributed by atoms with Crippen LogP contribution in [-0.2, 0) is 14.2 Å². The summed E-state index contributed by atoms with van der Waals surface area (Å²) in [6.07, 6.45) is -2.42. The third kappa shape index (κ3) is 4.04. The molecule has 4 atom stereocenters. The van der Waals surface area contributed by atoms with Gasteiger partial charge in [0.2, 0.25) is 0 Å². The highest BCUT2D eigenvalue weighted by Gasteiger charge is 2.45. The number of anilines is 1. The van der Waals surface area contributed by atoms with E-state index in [9.17, 15) is 15.0 Å². The van der Waals surface area contributed by atoms with Crippen LogP contribution in [0.2, 0.25) is 0 Å². The lowest BCUT2D eigenvalue weighted by Gasteiger charge is -2.22.